The van der Waals surface area contributed by atoms with E-state index >= 15 is 0 Å². The number of amides is 2. The molecule has 0 aromatic rings. The van der Waals surface area contributed by atoms with Gasteiger partial charge in [-0.3, -0.25) is 9.59 Å². The fraction of sp³-hybridized carbons (Fsp3) is 0.867. The van der Waals surface area contributed by atoms with E-state index in [1.165, 1.54) is 6.42 Å². The number of likely N-dealkylation sites (tertiary alicyclic amines) is 1. The molecule has 2 N–H and O–H groups in total. The summed E-state index contributed by atoms with van der Waals surface area (Å²) < 4.78 is 5.47. The van der Waals surface area contributed by atoms with Crippen LogP contribution in [0.15, 0.2) is 0 Å². The highest BCUT2D eigenvalue weighted by molar-refractivity contribution is 5.90. The van der Waals surface area contributed by atoms with Gasteiger partial charge < -0.3 is 20.3 Å². The van der Waals surface area contributed by atoms with Crippen molar-refractivity contribution < 1.29 is 14.3 Å². The van der Waals surface area contributed by atoms with Gasteiger partial charge in [0.05, 0.1) is 12.7 Å². The molecule has 0 aromatic carbocycles. The topological polar surface area (TPSA) is 70.7 Å². The summed E-state index contributed by atoms with van der Waals surface area (Å²) in [5.41, 5.74) is 0. The monoisotopic (exact) mass is 333 g/mol. The Morgan fingerprint density at radius 2 is 2.05 bits per heavy atom. The molecule has 0 saturated carbocycles. The number of nitrogens with zero attached hydrogens (tertiary/aromatic N) is 1. The van der Waals surface area contributed by atoms with Crippen molar-refractivity contribution in [3.05, 3.63) is 0 Å². The Morgan fingerprint density at radius 3 is 2.68 bits per heavy atom. The number of piperidine rings is 1. The average Bonchev–Trinajstić information content (AvgIpc) is 2.47. The number of carbonyl (C=O) groups excluding carboxylic acids is 2. The first-order chi connectivity index (χ1) is 10.0. The predicted octanol–water partition coefficient (Wildman–Crippen LogP) is 0.691. The van der Waals surface area contributed by atoms with Gasteiger partial charge in [0, 0.05) is 19.1 Å². The lowest BCUT2D eigenvalue weighted by atomic mass is 10.0. The molecule has 2 aliphatic rings. The van der Waals surface area contributed by atoms with Crippen molar-refractivity contribution in [2.75, 3.05) is 19.7 Å². The van der Waals surface area contributed by atoms with Crippen molar-refractivity contribution in [2.24, 2.45) is 0 Å². The Hall–Kier alpha value is -0.850. The third-order valence-corrected chi connectivity index (χ3v) is 4.41. The van der Waals surface area contributed by atoms with E-state index in [1.807, 2.05) is 11.8 Å². The normalized spacial score (nSPS) is 30.1. The summed E-state index contributed by atoms with van der Waals surface area (Å²) >= 11 is 0. The Bertz CT molecular complexity index is 394. The highest BCUT2D eigenvalue weighted by Gasteiger charge is 2.32. The van der Waals surface area contributed by atoms with Crippen LogP contribution in [0.5, 0.6) is 0 Å². The number of ether oxygens (including phenoxy) is 1. The van der Waals surface area contributed by atoms with Gasteiger partial charge in [-0.2, -0.15) is 0 Å². The lowest BCUT2D eigenvalue weighted by Gasteiger charge is -2.36. The zero-order chi connectivity index (χ0) is 15.4. The van der Waals surface area contributed by atoms with Crippen LogP contribution >= 0.6 is 12.4 Å². The second-order valence-electron chi connectivity index (χ2n) is 6.11. The maximum absolute atomic E-state index is 12.5. The van der Waals surface area contributed by atoms with Gasteiger partial charge in [-0.25, -0.2) is 0 Å². The zero-order valence-electron chi connectivity index (χ0n) is 13.6. The first-order valence-corrected chi connectivity index (χ1v) is 7.96. The summed E-state index contributed by atoms with van der Waals surface area (Å²) in [6, 6.07) is -0.609. The van der Waals surface area contributed by atoms with E-state index in [1.54, 1.807) is 6.92 Å². The Balaban J connectivity index is 0.00000242. The van der Waals surface area contributed by atoms with Crippen LogP contribution in [-0.2, 0) is 14.3 Å². The molecule has 2 saturated heterocycles. The summed E-state index contributed by atoms with van der Waals surface area (Å²) in [6.07, 6.45) is 3.09. The lowest BCUT2D eigenvalue weighted by Crippen LogP contribution is -2.59. The molecule has 22 heavy (non-hydrogen) atoms. The lowest BCUT2D eigenvalue weighted by molar-refractivity contribution is -0.140. The first-order valence-electron chi connectivity index (χ1n) is 7.96. The number of halogens is 1. The zero-order valence-corrected chi connectivity index (χ0v) is 14.4. The molecule has 2 rings (SSSR count). The van der Waals surface area contributed by atoms with E-state index in [2.05, 4.69) is 17.6 Å². The number of morpholine rings is 1. The number of nitrogens with one attached hydrogen (secondary N) is 2. The van der Waals surface area contributed by atoms with Gasteiger partial charge in [-0.05, 0) is 40.0 Å². The van der Waals surface area contributed by atoms with Crippen molar-refractivity contribution >= 4 is 24.2 Å². The van der Waals surface area contributed by atoms with Crippen molar-refractivity contribution in [1.29, 1.82) is 0 Å². The summed E-state index contributed by atoms with van der Waals surface area (Å²) in [5.74, 6) is -0.146. The highest BCUT2D eigenvalue weighted by atomic mass is 35.5. The smallest absolute Gasteiger partial charge is 0.245 e. The van der Waals surface area contributed by atoms with E-state index in [0.29, 0.717) is 13.2 Å². The fourth-order valence-corrected chi connectivity index (χ4v) is 3.07. The Kier molecular flexibility index (Phi) is 7.59. The van der Waals surface area contributed by atoms with E-state index in [-0.39, 0.29) is 42.4 Å². The third-order valence-electron chi connectivity index (χ3n) is 4.41. The van der Waals surface area contributed by atoms with Gasteiger partial charge >= 0.3 is 0 Å². The largest absolute Gasteiger partial charge is 0.375 e. The van der Waals surface area contributed by atoms with Crippen LogP contribution in [0.4, 0.5) is 0 Å². The van der Waals surface area contributed by atoms with Gasteiger partial charge in [0.15, 0.2) is 0 Å². The van der Waals surface area contributed by atoms with Crippen LogP contribution in [0, 0.1) is 0 Å². The van der Waals surface area contributed by atoms with Crippen LogP contribution in [0.2, 0.25) is 0 Å². The van der Waals surface area contributed by atoms with E-state index in [9.17, 15) is 9.59 Å². The van der Waals surface area contributed by atoms with Crippen molar-refractivity contribution in [3.8, 4) is 0 Å². The predicted molar refractivity (Wildman–Crippen MR) is 87.1 cm³/mol. The first kappa shape index (κ1) is 19.2. The fourth-order valence-electron chi connectivity index (χ4n) is 3.07. The summed E-state index contributed by atoms with van der Waals surface area (Å²) in [7, 11) is 0. The van der Waals surface area contributed by atoms with E-state index in [0.717, 1.165) is 19.4 Å². The van der Waals surface area contributed by atoms with Crippen LogP contribution in [0.25, 0.3) is 0 Å². The number of carbonyl (C=O) groups is 2. The van der Waals surface area contributed by atoms with Crippen LogP contribution in [-0.4, -0.2) is 60.6 Å². The molecule has 0 radical (unpaired) electrons. The Morgan fingerprint density at radius 1 is 1.32 bits per heavy atom. The third kappa shape index (κ3) is 4.57. The molecule has 0 aliphatic carbocycles. The SMILES string of the molecule is CC(NC(=O)[C@H]1NCCO[C@@H]1C)C(=O)N1CCCCC1C.Cl. The minimum absolute atomic E-state index is 0. The second-order valence-corrected chi connectivity index (χ2v) is 6.11. The molecule has 2 unspecified atom stereocenters. The number of hydrogen-bond donors (Lipinski definition) is 2. The van der Waals surface area contributed by atoms with Crippen LogP contribution in [0.3, 0.4) is 0 Å². The van der Waals surface area contributed by atoms with Crippen molar-refractivity contribution in [2.45, 2.75) is 64.3 Å². The second kappa shape index (κ2) is 8.70. The highest BCUT2D eigenvalue weighted by Crippen LogP contribution is 2.17. The molecule has 0 spiro atoms. The van der Waals surface area contributed by atoms with Gasteiger partial charge in [0.1, 0.15) is 12.1 Å². The van der Waals surface area contributed by atoms with Crippen LogP contribution < -0.4 is 10.6 Å². The van der Waals surface area contributed by atoms with Gasteiger partial charge in [0.25, 0.3) is 0 Å². The molecular weight excluding hydrogens is 306 g/mol. The van der Waals surface area contributed by atoms with Crippen LogP contribution in [0.1, 0.15) is 40.0 Å². The van der Waals surface area contributed by atoms with Crippen molar-refractivity contribution in [3.63, 3.8) is 0 Å². The summed E-state index contributed by atoms with van der Waals surface area (Å²) in [6.45, 7) is 7.77. The molecular formula is C15H28ClN3O3. The molecule has 0 aromatic heterocycles. The standard InChI is InChI=1S/C15H27N3O3.ClH/c1-10-6-4-5-8-18(10)15(20)11(2)17-14(19)13-12(3)21-9-7-16-13;/h10-13,16H,4-9H2,1-3H3,(H,17,19);1H/t10?,11?,12-,13+;/m1./s1. The summed E-state index contributed by atoms with van der Waals surface area (Å²) in [5, 5.41) is 5.96. The number of rotatable bonds is 3. The molecule has 6 nitrogen and oxygen atoms in total. The van der Waals surface area contributed by atoms with Gasteiger partial charge in [-0.15, -0.1) is 12.4 Å². The molecule has 128 valence electrons. The molecule has 4 atom stereocenters. The van der Waals surface area contributed by atoms with E-state index < -0.39 is 6.04 Å². The van der Waals surface area contributed by atoms with Gasteiger partial charge in [0.2, 0.25) is 11.8 Å². The molecule has 7 heteroatoms. The van der Waals surface area contributed by atoms with Gasteiger partial charge in [-0.1, -0.05) is 0 Å². The molecule has 0 bridgehead atoms. The average molecular weight is 334 g/mol. The summed E-state index contributed by atoms with van der Waals surface area (Å²) in [4.78, 5) is 26.6. The minimum Gasteiger partial charge on any atom is -0.375 e. The molecule has 2 amide bonds. The van der Waals surface area contributed by atoms with Crippen molar-refractivity contribution in [1.82, 2.24) is 15.5 Å². The molecule has 2 aliphatic heterocycles. The number of hydrogen-bond acceptors (Lipinski definition) is 4. The maximum atomic E-state index is 12.5. The quantitative estimate of drug-likeness (QED) is 0.797. The minimum atomic E-state index is -0.492. The molecule has 2 fully saturated rings. The molecule has 2 heterocycles. The Labute approximate surface area is 138 Å². The maximum Gasteiger partial charge on any atom is 0.245 e. The van der Waals surface area contributed by atoms with E-state index in [4.69, 9.17) is 4.74 Å².